The van der Waals surface area contributed by atoms with Gasteiger partial charge < -0.3 is 10.1 Å². The minimum atomic E-state index is 0.407. The Bertz CT molecular complexity index is 493. The van der Waals surface area contributed by atoms with E-state index < -0.39 is 0 Å². The standard InChI is InChI=1S/C18H23NO/c1-3-18(16-9-11-17(20-2)12-10-16)19-14-13-15-7-5-4-6-8-15/h4-12,18-19H,3,13-14H2,1-2H3/t18-/m0/s1. The third-order valence-corrected chi connectivity index (χ3v) is 3.57. The molecule has 1 N–H and O–H groups in total. The average molecular weight is 269 g/mol. The Hall–Kier alpha value is -1.80. The summed E-state index contributed by atoms with van der Waals surface area (Å²) in [6.07, 6.45) is 2.15. The molecule has 2 aromatic rings. The highest BCUT2D eigenvalue weighted by molar-refractivity contribution is 5.29. The van der Waals surface area contributed by atoms with E-state index in [4.69, 9.17) is 4.74 Å². The summed E-state index contributed by atoms with van der Waals surface area (Å²) in [7, 11) is 1.70. The second-order valence-corrected chi connectivity index (χ2v) is 4.92. The van der Waals surface area contributed by atoms with Gasteiger partial charge in [0.2, 0.25) is 0 Å². The monoisotopic (exact) mass is 269 g/mol. The zero-order valence-corrected chi connectivity index (χ0v) is 12.3. The first-order chi connectivity index (χ1) is 9.83. The molecule has 0 aliphatic carbocycles. The predicted molar refractivity (Wildman–Crippen MR) is 84.2 cm³/mol. The van der Waals surface area contributed by atoms with Gasteiger partial charge >= 0.3 is 0 Å². The van der Waals surface area contributed by atoms with E-state index in [1.54, 1.807) is 7.11 Å². The van der Waals surface area contributed by atoms with Crippen LogP contribution in [0.3, 0.4) is 0 Å². The van der Waals surface area contributed by atoms with Crippen LogP contribution in [0, 0.1) is 0 Å². The number of nitrogens with one attached hydrogen (secondary N) is 1. The van der Waals surface area contributed by atoms with Crippen LogP contribution in [0.15, 0.2) is 54.6 Å². The summed E-state index contributed by atoms with van der Waals surface area (Å²) in [4.78, 5) is 0. The van der Waals surface area contributed by atoms with Crippen LogP contribution in [0.1, 0.15) is 30.5 Å². The van der Waals surface area contributed by atoms with Crippen LogP contribution in [-0.2, 0) is 6.42 Å². The second-order valence-electron chi connectivity index (χ2n) is 4.92. The van der Waals surface area contributed by atoms with E-state index in [2.05, 4.69) is 54.7 Å². The molecule has 2 heteroatoms. The highest BCUT2D eigenvalue weighted by Crippen LogP contribution is 2.20. The Morgan fingerprint density at radius 3 is 2.30 bits per heavy atom. The molecule has 20 heavy (non-hydrogen) atoms. The van der Waals surface area contributed by atoms with Gasteiger partial charge in [-0.05, 0) is 42.6 Å². The molecule has 0 aromatic heterocycles. The Kier molecular flexibility index (Phi) is 5.63. The summed E-state index contributed by atoms with van der Waals surface area (Å²) in [6, 6.07) is 19.3. The Balaban J connectivity index is 1.88. The molecule has 0 saturated heterocycles. The quantitative estimate of drug-likeness (QED) is 0.821. The van der Waals surface area contributed by atoms with Crippen LogP contribution < -0.4 is 10.1 Å². The van der Waals surface area contributed by atoms with Crippen molar-refractivity contribution in [3.8, 4) is 5.75 Å². The van der Waals surface area contributed by atoms with Crippen molar-refractivity contribution in [3.05, 3.63) is 65.7 Å². The minimum Gasteiger partial charge on any atom is -0.497 e. The molecule has 0 fully saturated rings. The van der Waals surface area contributed by atoms with Crippen molar-refractivity contribution in [1.82, 2.24) is 5.32 Å². The molecular formula is C18H23NO. The van der Waals surface area contributed by atoms with Crippen LogP contribution >= 0.6 is 0 Å². The molecule has 1 atom stereocenters. The molecule has 2 aromatic carbocycles. The molecule has 0 unspecified atom stereocenters. The number of hydrogen-bond acceptors (Lipinski definition) is 2. The van der Waals surface area contributed by atoms with Gasteiger partial charge in [0.15, 0.2) is 0 Å². The lowest BCUT2D eigenvalue weighted by atomic mass is 10.0. The molecule has 0 aliphatic heterocycles. The molecule has 106 valence electrons. The topological polar surface area (TPSA) is 21.3 Å². The van der Waals surface area contributed by atoms with Gasteiger partial charge in [0.1, 0.15) is 5.75 Å². The van der Waals surface area contributed by atoms with Crippen molar-refractivity contribution < 1.29 is 4.74 Å². The first-order valence-corrected chi connectivity index (χ1v) is 7.24. The third kappa shape index (κ3) is 4.10. The van der Waals surface area contributed by atoms with E-state index in [0.717, 1.165) is 25.1 Å². The van der Waals surface area contributed by atoms with E-state index >= 15 is 0 Å². The predicted octanol–water partition coefficient (Wildman–Crippen LogP) is 3.98. The summed E-state index contributed by atoms with van der Waals surface area (Å²) in [5.41, 5.74) is 2.70. The lowest BCUT2D eigenvalue weighted by Crippen LogP contribution is -2.23. The number of benzene rings is 2. The maximum atomic E-state index is 5.20. The van der Waals surface area contributed by atoms with Crippen LogP contribution in [0.25, 0.3) is 0 Å². The minimum absolute atomic E-state index is 0.407. The van der Waals surface area contributed by atoms with E-state index in [1.165, 1.54) is 11.1 Å². The molecule has 0 saturated carbocycles. The van der Waals surface area contributed by atoms with Crippen molar-refractivity contribution >= 4 is 0 Å². The zero-order chi connectivity index (χ0) is 14.2. The van der Waals surface area contributed by atoms with Gasteiger partial charge in [0.25, 0.3) is 0 Å². The summed E-state index contributed by atoms with van der Waals surface area (Å²) in [5, 5.41) is 3.63. The molecule has 0 heterocycles. The number of methoxy groups -OCH3 is 1. The van der Waals surface area contributed by atoms with Crippen molar-refractivity contribution in [3.63, 3.8) is 0 Å². The van der Waals surface area contributed by atoms with Crippen molar-refractivity contribution in [2.45, 2.75) is 25.8 Å². The van der Waals surface area contributed by atoms with E-state index in [9.17, 15) is 0 Å². The zero-order valence-electron chi connectivity index (χ0n) is 12.3. The lowest BCUT2D eigenvalue weighted by Gasteiger charge is -2.18. The molecule has 2 nitrogen and oxygen atoms in total. The van der Waals surface area contributed by atoms with E-state index in [-0.39, 0.29) is 0 Å². The van der Waals surface area contributed by atoms with Crippen LogP contribution in [0.4, 0.5) is 0 Å². The fourth-order valence-corrected chi connectivity index (χ4v) is 2.37. The molecule has 0 bridgehead atoms. The molecule has 0 radical (unpaired) electrons. The van der Waals surface area contributed by atoms with Crippen molar-refractivity contribution in [1.29, 1.82) is 0 Å². The Morgan fingerprint density at radius 1 is 1.00 bits per heavy atom. The molecule has 0 amide bonds. The van der Waals surface area contributed by atoms with Gasteiger partial charge in [-0.2, -0.15) is 0 Å². The Labute approximate surface area is 121 Å². The van der Waals surface area contributed by atoms with Crippen LogP contribution in [0.5, 0.6) is 5.75 Å². The highest BCUT2D eigenvalue weighted by Gasteiger charge is 2.08. The first kappa shape index (κ1) is 14.6. The van der Waals surface area contributed by atoms with E-state index in [1.807, 2.05) is 12.1 Å². The van der Waals surface area contributed by atoms with Gasteiger partial charge in [0, 0.05) is 6.04 Å². The molecule has 0 aliphatic rings. The third-order valence-electron chi connectivity index (χ3n) is 3.57. The van der Waals surface area contributed by atoms with Gasteiger partial charge in [-0.25, -0.2) is 0 Å². The fraction of sp³-hybridized carbons (Fsp3) is 0.333. The first-order valence-electron chi connectivity index (χ1n) is 7.24. The molecule has 2 rings (SSSR count). The normalized spacial score (nSPS) is 12.1. The van der Waals surface area contributed by atoms with Crippen LogP contribution in [-0.4, -0.2) is 13.7 Å². The maximum Gasteiger partial charge on any atom is 0.118 e. The van der Waals surface area contributed by atoms with Crippen molar-refractivity contribution in [2.75, 3.05) is 13.7 Å². The number of hydrogen-bond donors (Lipinski definition) is 1. The summed E-state index contributed by atoms with van der Waals surface area (Å²) in [5.74, 6) is 0.910. The van der Waals surface area contributed by atoms with Crippen molar-refractivity contribution in [2.24, 2.45) is 0 Å². The summed E-state index contributed by atoms with van der Waals surface area (Å²) >= 11 is 0. The fourth-order valence-electron chi connectivity index (χ4n) is 2.37. The smallest absolute Gasteiger partial charge is 0.118 e. The largest absolute Gasteiger partial charge is 0.497 e. The van der Waals surface area contributed by atoms with E-state index in [0.29, 0.717) is 6.04 Å². The van der Waals surface area contributed by atoms with Crippen LogP contribution in [0.2, 0.25) is 0 Å². The molecular weight excluding hydrogens is 246 g/mol. The summed E-state index contributed by atoms with van der Waals surface area (Å²) < 4.78 is 5.20. The van der Waals surface area contributed by atoms with Gasteiger partial charge in [-0.1, -0.05) is 49.4 Å². The Morgan fingerprint density at radius 2 is 1.70 bits per heavy atom. The highest BCUT2D eigenvalue weighted by atomic mass is 16.5. The number of ether oxygens (including phenoxy) is 1. The summed E-state index contributed by atoms with van der Waals surface area (Å²) in [6.45, 7) is 3.21. The average Bonchev–Trinajstić information content (AvgIpc) is 2.53. The maximum absolute atomic E-state index is 5.20. The van der Waals surface area contributed by atoms with Gasteiger partial charge in [-0.3, -0.25) is 0 Å². The molecule has 0 spiro atoms. The lowest BCUT2D eigenvalue weighted by molar-refractivity contribution is 0.414. The SMILES string of the molecule is CC[C@H](NCCc1ccccc1)c1ccc(OC)cc1. The number of rotatable bonds is 7. The van der Waals surface area contributed by atoms with Gasteiger partial charge in [0.05, 0.1) is 7.11 Å². The van der Waals surface area contributed by atoms with Gasteiger partial charge in [-0.15, -0.1) is 0 Å². The second kappa shape index (κ2) is 7.71.